The third-order valence-corrected chi connectivity index (χ3v) is 3.39. The number of ether oxygens (including phenoxy) is 1. The molecule has 4 heteroatoms. The van der Waals surface area contributed by atoms with Crippen molar-refractivity contribution in [2.45, 2.75) is 25.9 Å². The monoisotopic (exact) mass is 249 g/mol. The Labute approximate surface area is 109 Å². The van der Waals surface area contributed by atoms with E-state index in [0.717, 1.165) is 45.8 Å². The largest absolute Gasteiger partial charge is 0.379 e. The number of rotatable bonds is 6. The molecule has 0 amide bonds. The molecule has 18 heavy (non-hydrogen) atoms. The van der Waals surface area contributed by atoms with Crippen LogP contribution in [0, 0.1) is 0 Å². The van der Waals surface area contributed by atoms with Crippen molar-refractivity contribution in [1.29, 1.82) is 0 Å². The average molecular weight is 249 g/mol. The highest BCUT2D eigenvalue weighted by Gasteiger charge is 2.14. The highest BCUT2D eigenvalue weighted by molar-refractivity contribution is 5.09. The third-order valence-electron chi connectivity index (χ3n) is 3.39. The van der Waals surface area contributed by atoms with E-state index in [0.29, 0.717) is 6.04 Å². The van der Waals surface area contributed by atoms with E-state index in [1.165, 1.54) is 5.56 Å². The molecule has 1 aliphatic heterocycles. The first-order valence-electron chi connectivity index (χ1n) is 6.81. The lowest BCUT2D eigenvalue weighted by atomic mass is 10.1. The van der Waals surface area contributed by atoms with Gasteiger partial charge in [-0.1, -0.05) is 6.92 Å². The summed E-state index contributed by atoms with van der Waals surface area (Å²) in [5.41, 5.74) is 1.33. The van der Waals surface area contributed by atoms with Gasteiger partial charge in [-0.25, -0.2) is 0 Å². The van der Waals surface area contributed by atoms with E-state index in [4.69, 9.17) is 4.74 Å². The van der Waals surface area contributed by atoms with Gasteiger partial charge in [0.15, 0.2) is 0 Å². The highest BCUT2D eigenvalue weighted by Crippen LogP contribution is 2.06. The van der Waals surface area contributed by atoms with E-state index in [9.17, 15) is 0 Å². The summed E-state index contributed by atoms with van der Waals surface area (Å²) in [6, 6.07) is 4.69. The molecule has 0 bridgehead atoms. The van der Waals surface area contributed by atoms with Crippen molar-refractivity contribution in [3.8, 4) is 0 Å². The quantitative estimate of drug-likeness (QED) is 0.824. The molecule has 100 valence electrons. The fraction of sp³-hybridized carbons (Fsp3) is 0.643. The number of aromatic nitrogens is 1. The summed E-state index contributed by atoms with van der Waals surface area (Å²) >= 11 is 0. The fourth-order valence-electron chi connectivity index (χ4n) is 2.24. The molecule has 0 spiro atoms. The predicted octanol–water partition coefficient (Wildman–Crippen LogP) is 1.28. The van der Waals surface area contributed by atoms with Gasteiger partial charge >= 0.3 is 0 Å². The van der Waals surface area contributed by atoms with Crippen LogP contribution in [0.5, 0.6) is 0 Å². The Morgan fingerprint density at radius 1 is 1.44 bits per heavy atom. The summed E-state index contributed by atoms with van der Waals surface area (Å²) in [5.74, 6) is 0. The van der Waals surface area contributed by atoms with Crippen LogP contribution in [0.1, 0.15) is 18.9 Å². The average Bonchev–Trinajstić information content (AvgIpc) is 2.45. The molecule has 1 saturated heterocycles. The Bertz CT molecular complexity index is 325. The van der Waals surface area contributed by atoms with Crippen LogP contribution < -0.4 is 5.32 Å². The Hall–Kier alpha value is -0.970. The van der Waals surface area contributed by atoms with Gasteiger partial charge in [-0.05, 0) is 30.7 Å². The molecule has 0 aliphatic carbocycles. The lowest BCUT2D eigenvalue weighted by Gasteiger charge is -2.27. The number of pyridine rings is 1. The standard InChI is InChI=1S/C14H23N3O/c1-2-17(11-13-3-6-15-7-4-13)9-5-14-12-18-10-8-16-14/h3-4,6-7,14,16H,2,5,8-12H2,1H3. The summed E-state index contributed by atoms with van der Waals surface area (Å²) in [7, 11) is 0. The van der Waals surface area contributed by atoms with E-state index in [-0.39, 0.29) is 0 Å². The number of morpholine rings is 1. The van der Waals surface area contributed by atoms with Crippen molar-refractivity contribution in [3.63, 3.8) is 0 Å². The van der Waals surface area contributed by atoms with Gasteiger partial charge in [0.05, 0.1) is 13.2 Å². The summed E-state index contributed by atoms with van der Waals surface area (Å²) in [6.45, 7) is 8.10. The molecule has 1 aromatic heterocycles. The Balaban J connectivity index is 1.75. The molecular weight excluding hydrogens is 226 g/mol. The first kappa shape index (κ1) is 13.5. The molecule has 1 N–H and O–H groups in total. The first-order chi connectivity index (χ1) is 8.88. The Kier molecular flexibility index (Phi) is 5.58. The minimum absolute atomic E-state index is 0.519. The zero-order valence-corrected chi connectivity index (χ0v) is 11.1. The first-order valence-corrected chi connectivity index (χ1v) is 6.81. The van der Waals surface area contributed by atoms with Gasteiger partial charge in [-0.15, -0.1) is 0 Å². The highest BCUT2D eigenvalue weighted by atomic mass is 16.5. The molecule has 2 rings (SSSR count). The molecule has 1 fully saturated rings. The van der Waals surface area contributed by atoms with Gasteiger partial charge in [-0.3, -0.25) is 9.88 Å². The second-order valence-electron chi connectivity index (χ2n) is 4.74. The minimum atomic E-state index is 0.519. The van der Waals surface area contributed by atoms with E-state index in [1.807, 2.05) is 12.4 Å². The van der Waals surface area contributed by atoms with Gasteiger partial charge in [0, 0.05) is 38.1 Å². The second-order valence-corrected chi connectivity index (χ2v) is 4.74. The summed E-state index contributed by atoms with van der Waals surface area (Å²) in [4.78, 5) is 6.52. The fourth-order valence-corrected chi connectivity index (χ4v) is 2.24. The molecule has 4 nitrogen and oxygen atoms in total. The van der Waals surface area contributed by atoms with Crippen molar-refractivity contribution < 1.29 is 4.74 Å². The van der Waals surface area contributed by atoms with Crippen molar-refractivity contribution in [2.75, 3.05) is 32.8 Å². The lowest BCUT2D eigenvalue weighted by molar-refractivity contribution is 0.0698. The predicted molar refractivity (Wildman–Crippen MR) is 72.4 cm³/mol. The molecule has 1 unspecified atom stereocenters. The van der Waals surface area contributed by atoms with Crippen molar-refractivity contribution in [3.05, 3.63) is 30.1 Å². The normalized spacial score (nSPS) is 20.2. The maximum Gasteiger partial charge on any atom is 0.0620 e. The molecule has 0 radical (unpaired) electrons. The van der Waals surface area contributed by atoms with Crippen molar-refractivity contribution in [2.24, 2.45) is 0 Å². The molecule has 0 aromatic carbocycles. The van der Waals surface area contributed by atoms with E-state index in [1.54, 1.807) is 0 Å². The maximum atomic E-state index is 5.48. The van der Waals surface area contributed by atoms with Gasteiger partial charge in [0.1, 0.15) is 0 Å². The number of nitrogens with zero attached hydrogens (tertiary/aromatic N) is 2. The minimum Gasteiger partial charge on any atom is -0.379 e. The van der Waals surface area contributed by atoms with Crippen LogP contribution in [0.4, 0.5) is 0 Å². The van der Waals surface area contributed by atoms with E-state index in [2.05, 4.69) is 34.3 Å². The second kappa shape index (κ2) is 7.46. The van der Waals surface area contributed by atoms with Crippen LogP contribution in [0.3, 0.4) is 0 Å². The van der Waals surface area contributed by atoms with Crippen LogP contribution in [0.2, 0.25) is 0 Å². The van der Waals surface area contributed by atoms with Crippen LogP contribution in [0.25, 0.3) is 0 Å². The zero-order valence-electron chi connectivity index (χ0n) is 11.1. The van der Waals surface area contributed by atoms with Crippen molar-refractivity contribution in [1.82, 2.24) is 15.2 Å². The van der Waals surface area contributed by atoms with E-state index >= 15 is 0 Å². The molecule has 1 atom stereocenters. The third kappa shape index (κ3) is 4.37. The Morgan fingerprint density at radius 3 is 2.94 bits per heavy atom. The SMILES string of the molecule is CCN(CCC1COCCN1)Cc1ccncc1. The number of nitrogens with one attached hydrogen (secondary N) is 1. The summed E-state index contributed by atoms with van der Waals surface area (Å²) < 4.78 is 5.48. The molecule has 2 heterocycles. The van der Waals surface area contributed by atoms with Gasteiger partial charge in [0.25, 0.3) is 0 Å². The smallest absolute Gasteiger partial charge is 0.0620 e. The lowest BCUT2D eigenvalue weighted by Crippen LogP contribution is -2.43. The molecule has 0 saturated carbocycles. The van der Waals surface area contributed by atoms with Crippen LogP contribution in [-0.4, -0.2) is 48.8 Å². The van der Waals surface area contributed by atoms with Crippen LogP contribution in [0.15, 0.2) is 24.5 Å². The van der Waals surface area contributed by atoms with Gasteiger partial charge < -0.3 is 10.1 Å². The van der Waals surface area contributed by atoms with Crippen molar-refractivity contribution >= 4 is 0 Å². The summed E-state index contributed by atoms with van der Waals surface area (Å²) in [5, 5.41) is 3.50. The van der Waals surface area contributed by atoms with E-state index < -0.39 is 0 Å². The topological polar surface area (TPSA) is 37.4 Å². The Morgan fingerprint density at radius 2 is 2.28 bits per heavy atom. The van der Waals surface area contributed by atoms with Gasteiger partial charge in [-0.2, -0.15) is 0 Å². The zero-order chi connectivity index (χ0) is 12.6. The van der Waals surface area contributed by atoms with Crippen LogP contribution in [-0.2, 0) is 11.3 Å². The number of hydrogen-bond donors (Lipinski definition) is 1. The van der Waals surface area contributed by atoms with Gasteiger partial charge in [0.2, 0.25) is 0 Å². The molecule has 1 aromatic rings. The molecule has 1 aliphatic rings. The summed E-state index contributed by atoms with van der Waals surface area (Å²) in [6.07, 6.45) is 4.87. The molecular formula is C14H23N3O. The number of hydrogen-bond acceptors (Lipinski definition) is 4. The maximum absolute atomic E-state index is 5.48. The van der Waals surface area contributed by atoms with Crippen LogP contribution >= 0.6 is 0 Å².